The Labute approximate surface area is 126 Å². The fourth-order valence-corrected chi connectivity index (χ4v) is 3.61. The molecule has 4 heteroatoms. The summed E-state index contributed by atoms with van der Waals surface area (Å²) in [5.41, 5.74) is 1.03. The predicted molar refractivity (Wildman–Crippen MR) is 80.2 cm³/mol. The Morgan fingerprint density at radius 3 is 2.95 bits per heavy atom. The number of rotatable bonds is 4. The second kappa shape index (κ2) is 6.58. The SMILES string of the molecule is COC(=O)C(CN1CCOC2CCCC21)c1ccccc1. The molecule has 0 N–H and O–H groups in total. The number of hydrogen-bond donors (Lipinski definition) is 0. The molecular formula is C17H23NO3. The van der Waals surface area contributed by atoms with Crippen molar-refractivity contribution < 1.29 is 14.3 Å². The zero-order chi connectivity index (χ0) is 14.7. The van der Waals surface area contributed by atoms with Gasteiger partial charge in [0.15, 0.2) is 0 Å². The average Bonchev–Trinajstić information content (AvgIpc) is 3.02. The van der Waals surface area contributed by atoms with Crippen LogP contribution in [0.3, 0.4) is 0 Å². The molecule has 1 saturated carbocycles. The van der Waals surface area contributed by atoms with Crippen molar-refractivity contribution in [2.45, 2.75) is 37.3 Å². The van der Waals surface area contributed by atoms with Crippen LogP contribution >= 0.6 is 0 Å². The van der Waals surface area contributed by atoms with Gasteiger partial charge in [-0.05, 0) is 24.8 Å². The van der Waals surface area contributed by atoms with Crippen molar-refractivity contribution in [2.24, 2.45) is 0 Å². The molecule has 0 bridgehead atoms. The van der Waals surface area contributed by atoms with Crippen LogP contribution in [0, 0.1) is 0 Å². The van der Waals surface area contributed by atoms with Gasteiger partial charge in [0.25, 0.3) is 0 Å². The van der Waals surface area contributed by atoms with Gasteiger partial charge in [0.1, 0.15) is 0 Å². The summed E-state index contributed by atoms with van der Waals surface area (Å²) < 4.78 is 10.9. The maximum absolute atomic E-state index is 12.2. The van der Waals surface area contributed by atoms with E-state index in [-0.39, 0.29) is 11.9 Å². The summed E-state index contributed by atoms with van der Waals surface area (Å²) in [7, 11) is 1.47. The minimum absolute atomic E-state index is 0.151. The van der Waals surface area contributed by atoms with Crippen LogP contribution in [0.15, 0.2) is 30.3 Å². The van der Waals surface area contributed by atoms with Gasteiger partial charge in [-0.1, -0.05) is 30.3 Å². The maximum Gasteiger partial charge on any atom is 0.314 e. The van der Waals surface area contributed by atoms with Crippen LogP contribution in [0.4, 0.5) is 0 Å². The lowest BCUT2D eigenvalue weighted by Crippen LogP contribution is -2.50. The number of morpholine rings is 1. The average molecular weight is 289 g/mol. The third-order valence-electron chi connectivity index (χ3n) is 4.70. The Bertz CT molecular complexity index is 476. The largest absolute Gasteiger partial charge is 0.469 e. The number of methoxy groups -OCH3 is 1. The lowest BCUT2D eigenvalue weighted by molar-refractivity contribution is -0.144. The van der Waals surface area contributed by atoms with Crippen LogP contribution in [0.2, 0.25) is 0 Å². The molecule has 2 aliphatic rings. The molecule has 0 aromatic heterocycles. The fourth-order valence-electron chi connectivity index (χ4n) is 3.61. The first kappa shape index (κ1) is 14.5. The summed E-state index contributed by atoms with van der Waals surface area (Å²) in [4.78, 5) is 14.6. The van der Waals surface area contributed by atoms with Gasteiger partial charge >= 0.3 is 5.97 Å². The van der Waals surface area contributed by atoms with Gasteiger partial charge in [0.2, 0.25) is 0 Å². The number of esters is 1. The molecule has 4 nitrogen and oxygen atoms in total. The first-order valence-electron chi connectivity index (χ1n) is 7.78. The quantitative estimate of drug-likeness (QED) is 0.797. The van der Waals surface area contributed by atoms with E-state index >= 15 is 0 Å². The van der Waals surface area contributed by atoms with Crippen molar-refractivity contribution in [3.05, 3.63) is 35.9 Å². The van der Waals surface area contributed by atoms with E-state index in [0.717, 1.165) is 31.7 Å². The van der Waals surface area contributed by atoms with Gasteiger partial charge in [-0.2, -0.15) is 0 Å². The number of carbonyl (C=O) groups is 1. The molecule has 1 heterocycles. The molecule has 21 heavy (non-hydrogen) atoms. The van der Waals surface area contributed by atoms with Crippen LogP contribution in [0.1, 0.15) is 30.7 Å². The van der Waals surface area contributed by atoms with Crippen molar-refractivity contribution in [3.63, 3.8) is 0 Å². The van der Waals surface area contributed by atoms with Crippen LogP contribution < -0.4 is 0 Å². The van der Waals surface area contributed by atoms with Crippen LogP contribution in [-0.2, 0) is 14.3 Å². The lowest BCUT2D eigenvalue weighted by atomic mass is 9.97. The van der Waals surface area contributed by atoms with E-state index in [1.54, 1.807) is 0 Å². The molecular weight excluding hydrogens is 266 g/mol. The van der Waals surface area contributed by atoms with Gasteiger partial charge < -0.3 is 9.47 Å². The first-order chi connectivity index (χ1) is 10.3. The van der Waals surface area contributed by atoms with Crippen LogP contribution in [0.5, 0.6) is 0 Å². The molecule has 1 aliphatic carbocycles. The lowest BCUT2D eigenvalue weighted by Gasteiger charge is -2.39. The molecule has 0 amide bonds. The van der Waals surface area contributed by atoms with Gasteiger partial charge in [-0.25, -0.2) is 0 Å². The smallest absolute Gasteiger partial charge is 0.314 e. The van der Waals surface area contributed by atoms with Gasteiger partial charge in [0, 0.05) is 19.1 Å². The summed E-state index contributed by atoms with van der Waals surface area (Å²) in [6.45, 7) is 2.40. The van der Waals surface area contributed by atoms with E-state index in [9.17, 15) is 4.79 Å². The zero-order valence-corrected chi connectivity index (χ0v) is 12.5. The topological polar surface area (TPSA) is 38.8 Å². The summed E-state index contributed by atoms with van der Waals surface area (Å²) in [6, 6.07) is 10.4. The summed E-state index contributed by atoms with van der Waals surface area (Å²) >= 11 is 0. The number of carbonyl (C=O) groups excluding carboxylic acids is 1. The molecule has 0 spiro atoms. The minimum Gasteiger partial charge on any atom is -0.469 e. The Balaban J connectivity index is 1.76. The Hall–Kier alpha value is -1.39. The number of hydrogen-bond acceptors (Lipinski definition) is 4. The molecule has 1 aliphatic heterocycles. The van der Waals surface area contributed by atoms with E-state index in [1.165, 1.54) is 20.0 Å². The third kappa shape index (κ3) is 3.11. The Morgan fingerprint density at radius 1 is 1.38 bits per heavy atom. The molecule has 114 valence electrons. The molecule has 1 aromatic rings. The highest BCUT2D eigenvalue weighted by atomic mass is 16.5. The van der Waals surface area contributed by atoms with E-state index < -0.39 is 0 Å². The summed E-state index contributed by atoms with van der Waals surface area (Å²) in [5.74, 6) is -0.363. The number of ether oxygens (including phenoxy) is 2. The van der Waals surface area contributed by atoms with E-state index in [4.69, 9.17) is 9.47 Å². The first-order valence-corrected chi connectivity index (χ1v) is 7.78. The van der Waals surface area contributed by atoms with Gasteiger partial charge in [-0.3, -0.25) is 9.69 Å². The van der Waals surface area contributed by atoms with Crippen molar-refractivity contribution >= 4 is 5.97 Å². The molecule has 0 radical (unpaired) electrons. The van der Waals surface area contributed by atoms with Crippen molar-refractivity contribution in [3.8, 4) is 0 Å². The normalized spacial score (nSPS) is 27.1. The third-order valence-corrected chi connectivity index (χ3v) is 4.70. The maximum atomic E-state index is 12.2. The standard InChI is InChI=1S/C17H23NO3/c1-20-17(19)14(13-6-3-2-4-7-13)12-18-10-11-21-16-9-5-8-15(16)18/h2-4,6-7,14-16H,5,8-12H2,1H3. The van der Waals surface area contributed by atoms with Crippen molar-refractivity contribution in [1.29, 1.82) is 0 Å². The van der Waals surface area contributed by atoms with Crippen LogP contribution in [0.25, 0.3) is 0 Å². The van der Waals surface area contributed by atoms with Crippen molar-refractivity contribution in [2.75, 3.05) is 26.8 Å². The molecule has 3 rings (SSSR count). The molecule has 3 unspecified atom stereocenters. The molecule has 3 atom stereocenters. The second-order valence-corrected chi connectivity index (χ2v) is 5.89. The highest BCUT2D eigenvalue weighted by Gasteiger charge is 2.38. The summed E-state index contributed by atoms with van der Waals surface area (Å²) in [6.07, 6.45) is 3.90. The zero-order valence-electron chi connectivity index (χ0n) is 12.5. The molecule has 2 fully saturated rings. The van der Waals surface area contributed by atoms with E-state index in [2.05, 4.69) is 4.90 Å². The van der Waals surface area contributed by atoms with Crippen LogP contribution in [-0.4, -0.2) is 49.8 Å². The van der Waals surface area contributed by atoms with Gasteiger partial charge in [-0.15, -0.1) is 0 Å². The van der Waals surface area contributed by atoms with E-state index in [1.807, 2.05) is 30.3 Å². The highest BCUT2D eigenvalue weighted by Crippen LogP contribution is 2.31. The molecule has 1 aromatic carbocycles. The highest BCUT2D eigenvalue weighted by molar-refractivity contribution is 5.78. The number of fused-ring (bicyclic) bond motifs is 1. The second-order valence-electron chi connectivity index (χ2n) is 5.89. The minimum atomic E-state index is -0.212. The monoisotopic (exact) mass is 289 g/mol. The Kier molecular flexibility index (Phi) is 4.56. The van der Waals surface area contributed by atoms with E-state index in [0.29, 0.717) is 12.1 Å². The number of benzene rings is 1. The summed E-state index contributed by atoms with van der Waals surface area (Å²) in [5, 5.41) is 0. The van der Waals surface area contributed by atoms with Gasteiger partial charge in [0.05, 0.1) is 25.7 Å². The Morgan fingerprint density at radius 2 is 2.19 bits per heavy atom. The molecule has 1 saturated heterocycles. The predicted octanol–water partition coefficient (Wildman–Crippen LogP) is 2.20. The number of nitrogens with zero attached hydrogens (tertiary/aromatic N) is 1. The fraction of sp³-hybridized carbons (Fsp3) is 0.588. The van der Waals surface area contributed by atoms with Crippen molar-refractivity contribution in [1.82, 2.24) is 4.90 Å².